The zero-order valence-corrected chi connectivity index (χ0v) is 26.5. The largest absolute Gasteiger partial charge is 0.346 e. The minimum Gasteiger partial charge on any atom is -0.342 e. The summed E-state index contributed by atoms with van der Waals surface area (Å²) in [6.07, 6.45) is 5.03. The number of nitrogens with zero attached hydrogens (tertiary/aromatic N) is 5. The first kappa shape index (κ1) is 32.4. The summed E-state index contributed by atoms with van der Waals surface area (Å²) in [7, 11) is 0. The summed E-state index contributed by atoms with van der Waals surface area (Å²) < 4.78 is 45.8. The average Bonchev–Trinajstić information content (AvgIpc) is 3.73. The van der Waals surface area contributed by atoms with Crippen molar-refractivity contribution in [3.63, 3.8) is 0 Å². The van der Waals surface area contributed by atoms with E-state index in [0.717, 1.165) is 18.4 Å². The molecular weight excluding hydrogens is 635 g/mol. The molecule has 3 aromatic carbocycles. The number of H-pyrrole nitrogens is 1. The molecular formula is C36H34F3N7O3. The maximum atomic E-state index is 13.7. The molecule has 2 amide bonds. The fourth-order valence-corrected chi connectivity index (χ4v) is 6.77. The van der Waals surface area contributed by atoms with Gasteiger partial charge >= 0.3 is 6.61 Å². The standard InChI is InChI=1S/C36H34F3N7O3/c37-27-8-6-25(7-9-27)32-29-20-28(10-11-30(29)43-44-32)42-34(48)36(49-35(38)39)14-19-45(22-36)21-31(47)46-17-12-24(13-18-46)23-2-4-26(5-3-23)33-40-15-1-16-41-33/h1-11,15-16,20,24,35H,12-14,17-19,21-22H2,(H,42,48)(H,43,44). The Bertz CT molecular complexity index is 1930. The van der Waals surface area contributed by atoms with Gasteiger partial charge in [0.2, 0.25) is 5.91 Å². The van der Waals surface area contributed by atoms with Crippen LogP contribution in [-0.2, 0) is 14.3 Å². The van der Waals surface area contributed by atoms with Gasteiger partial charge in [0.05, 0.1) is 17.8 Å². The van der Waals surface area contributed by atoms with Gasteiger partial charge in [-0.3, -0.25) is 19.6 Å². The van der Waals surface area contributed by atoms with Gasteiger partial charge in [-0.15, -0.1) is 0 Å². The molecule has 7 rings (SSSR count). The van der Waals surface area contributed by atoms with Gasteiger partial charge in [0.15, 0.2) is 11.4 Å². The monoisotopic (exact) mass is 669 g/mol. The molecule has 10 nitrogen and oxygen atoms in total. The van der Waals surface area contributed by atoms with Crippen LogP contribution in [0, 0.1) is 5.82 Å². The smallest absolute Gasteiger partial charge is 0.342 e. The molecule has 2 N–H and O–H groups in total. The Morgan fingerprint density at radius 1 is 0.959 bits per heavy atom. The Labute approximate surface area is 280 Å². The SMILES string of the molecule is O=C(CN1CCC(OC(F)F)(C(=O)Nc2ccc3[nH]nc(-c4ccc(F)cc4)c3c2)C1)N1CCC(c2ccc(-c3ncccn3)cc2)CC1. The second-order valence-corrected chi connectivity index (χ2v) is 12.5. The number of alkyl halides is 2. The highest BCUT2D eigenvalue weighted by Gasteiger charge is 2.48. The number of anilines is 1. The number of halogens is 3. The van der Waals surface area contributed by atoms with E-state index in [4.69, 9.17) is 4.74 Å². The first-order chi connectivity index (χ1) is 23.8. The number of aromatic amines is 1. The summed E-state index contributed by atoms with van der Waals surface area (Å²) in [6.45, 7) is -1.93. The summed E-state index contributed by atoms with van der Waals surface area (Å²) in [5, 5.41) is 10.6. The lowest BCUT2D eigenvalue weighted by Crippen LogP contribution is -2.50. The lowest BCUT2D eigenvalue weighted by atomic mass is 9.89. The van der Waals surface area contributed by atoms with E-state index in [1.54, 1.807) is 58.6 Å². The number of carbonyl (C=O) groups excluding carboxylic acids is 2. The maximum Gasteiger partial charge on any atom is 0.346 e. The van der Waals surface area contributed by atoms with Crippen molar-refractivity contribution in [3.05, 3.63) is 96.6 Å². The molecule has 0 aliphatic carbocycles. The molecule has 252 valence electrons. The Kier molecular flexibility index (Phi) is 9.11. The molecule has 0 spiro atoms. The minimum absolute atomic E-state index is 0.0000754. The van der Waals surface area contributed by atoms with Crippen LogP contribution in [-0.4, -0.2) is 86.7 Å². The van der Waals surface area contributed by atoms with Gasteiger partial charge in [0, 0.05) is 60.8 Å². The van der Waals surface area contributed by atoms with Gasteiger partial charge in [-0.25, -0.2) is 14.4 Å². The molecule has 2 aromatic heterocycles. The maximum absolute atomic E-state index is 13.7. The third kappa shape index (κ3) is 7.03. The van der Waals surface area contributed by atoms with Crippen LogP contribution in [0.1, 0.15) is 30.7 Å². The normalized spacial score (nSPS) is 18.7. The number of hydrogen-bond acceptors (Lipinski definition) is 7. The van der Waals surface area contributed by atoms with Gasteiger partial charge in [-0.1, -0.05) is 24.3 Å². The van der Waals surface area contributed by atoms with E-state index in [-0.39, 0.29) is 37.8 Å². The molecule has 2 aliphatic rings. The van der Waals surface area contributed by atoms with Crippen molar-refractivity contribution >= 4 is 28.4 Å². The van der Waals surface area contributed by atoms with E-state index in [2.05, 4.69) is 37.6 Å². The molecule has 1 atom stereocenters. The second kappa shape index (κ2) is 13.8. The van der Waals surface area contributed by atoms with Crippen LogP contribution in [0.15, 0.2) is 85.2 Å². The zero-order valence-electron chi connectivity index (χ0n) is 26.5. The number of likely N-dealkylation sites (tertiary alicyclic amines) is 2. The van der Waals surface area contributed by atoms with Crippen molar-refractivity contribution < 1.29 is 27.5 Å². The second-order valence-electron chi connectivity index (χ2n) is 12.5. The van der Waals surface area contributed by atoms with Gasteiger partial charge in [-0.2, -0.15) is 13.9 Å². The van der Waals surface area contributed by atoms with Crippen LogP contribution in [0.3, 0.4) is 0 Å². The molecule has 13 heteroatoms. The summed E-state index contributed by atoms with van der Waals surface area (Å²) in [5.41, 5.74) is 2.56. The number of fused-ring (bicyclic) bond motifs is 1. The number of nitrogens with one attached hydrogen (secondary N) is 2. The van der Waals surface area contributed by atoms with Crippen molar-refractivity contribution in [3.8, 4) is 22.6 Å². The predicted octanol–water partition coefficient (Wildman–Crippen LogP) is 5.85. The molecule has 0 radical (unpaired) electrons. The van der Waals surface area contributed by atoms with Crippen LogP contribution < -0.4 is 5.32 Å². The van der Waals surface area contributed by atoms with Gasteiger partial charge in [-0.05, 0) is 79.3 Å². The van der Waals surface area contributed by atoms with Crippen molar-refractivity contribution in [2.24, 2.45) is 0 Å². The number of aromatic nitrogens is 4. The van der Waals surface area contributed by atoms with Crippen molar-refractivity contribution in [1.29, 1.82) is 0 Å². The topological polar surface area (TPSA) is 116 Å². The zero-order chi connectivity index (χ0) is 34.0. The van der Waals surface area contributed by atoms with Crippen LogP contribution in [0.5, 0.6) is 0 Å². The van der Waals surface area contributed by atoms with Crippen LogP contribution >= 0.6 is 0 Å². The van der Waals surface area contributed by atoms with Crippen molar-refractivity contribution in [2.45, 2.75) is 37.4 Å². The lowest BCUT2D eigenvalue weighted by Gasteiger charge is -2.33. The van der Waals surface area contributed by atoms with E-state index in [1.807, 2.05) is 12.1 Å². The third-order valence-electron chi connectivity index (χ3n) is 9.39. The first-order valence-corrected chi connectivity index (χ1v) is 16.2. The molecule has 2 aliphatic heterocycles. The van der Waals surface area contributed by atoms with E-state index >= 15 is 0 Å². The number of hydrogen-bond donors (Lipinski definition) is 2. The number of ether oxygens (including phenoxy) is 1. The molecule has 5 aromatic rings. The molecule has 2 fully saturated rings. The summed E-state index contributed by atoms with van der Waals surface area (Å²) >= 11 is 0. The number of carbonyl (C=O) groups is 2. The molecule has 1 unspecified atom stereocenters. The number of benzene rings is 3. The predicted molar refractivity (Wildman–Crippen MR) is 177 cm³/mol. The highest BCUT2D eigenvalue weighted by atomic mass is 19.3. The minimum atomic E-state index is -3.18. The summed E-state index contributed by atoms with van der Waals surface area (Å²) in [6, 6.07) is 20.9. The van der Waals surface area contributed by atoms with Crippen molar-refractivity contribution in [1.82, 2.24) is 30.0 Å². The molecule has 0 saturated carbocycles. The Morgan fingerprint density at radius 2 is 1.67 bits per heavy atom. The van der Waals surface area contributed by atoms with E-state index in [0.29, 0.717) is 52.7 Å². The molecule has 49 heavy (non-hydrogen) atoms. The Balaban J connectivity index is 0.967. The fourth-order valence-electron chi connectivity index (χ4n) is 6.77. The molecule has 2 saturated heterocycles. The van der Waals surface area contributed by atoms with E-state index < -0.39 is 18.1 Å². The van der Waals surface area contributed by atoms with E-state index in [1.165, 1.54) is 17.7 Å². The number of piperidine rings is 1. The third-order valence-corrected chi connectivity index (χ3v) is 9.39. The molecule has 4 heterocycles. The quantitative estimate of drug-likeness (QED) is 0.202. The number of rotatable bonds is 9. The average molecular weight is 670 g/mol. The lowest BCUT2D eigenvalue weighted by molar-refractivity contribution is -0.204. The van der Waals surface area contributed by atoms with Crippen molar-refractivity contribution in [2.75, 3.05) is 38.0 Å². The Hall–Kier alpha value is -5.14. The van der Waals surface area contributed by atoms with E-state index in [9.17, 15) is 22.8 Å². The molecule has 0 bridgehead atoms. The summed E-state index contributed by atoms with van der Waals surface area (Å²) in [5.74, 6) is -0.230. The highest BCUT2D eigenvalue weighted by molar-refractivity contribution is 6.01. The first-order valence-electron chi connectivity index (χ1n) is 16.2. The Morgan fingerprint density at radius 3 is 2.39 bits per heavy atom. The van der Waals surface area contributed by atoms with Crippen LogP contribution in [0.4, 0.5) is 18.9 Å². The number of amides is 2. The summed E-state index contributed by atoms with van der Waals surface area (Å²) in [4.78, 5) is 39.0. The fraction of sp³-hybridized carbons (Fsp3) is 0.306. The highest BCUT2D eigenvalue weighted by Crippen LogP contribution is 2.33. The van der Waals surface area contributed by atoms with Gasteiger partial charge in [0.1, 0.15) is 5.82 Å². The van der Waals surface area contributed by atoms with Crippen LogP contribution in [0.25, 0.3) is 33.5 Å². The van der Waals surface area contributed by atoms with Gasteiger partial charge < -0.3 is 15.0 Å². The van der Waals surface area contributed by atoms with Gasteiger partial charge in [0.25, 0.3) is 5.91 Å². The van der Waals surface area contributed by atoms with Crippen LogP contribution in [0.2, 0.25) is 0 Å².